The van der Waals surface area contributed by atoms with E-state index in [1.54, 1.807) is 6.92 Å². The third-order valence-electron chi connectivity index (χ3n) is 2.80. The molecule has 5 nitrogen and oxygen atoms in total. The van der Waals surface area contributed by atoms with Crippen molar-refractivity contribution in [2.75, 3.05) is 19.8 Å². The number of carbonyl (C=O) groups excluding carboxylic acids is 1. The predicted octanol–water partition coefficient (Wildman–Crippen LogP) is 0.814. The van der Waals surface area contributed by atoms with Crippen molar-refractivity contribution in [2.24, 2.45) is 5.73 Å². The molecule has 1 atom stereocenters. The number of nitrogens with two attached hydrogens (primary N) is 1. The summed E-state index contributed by atoms with van der Waals surface area (Å²) in [6.45, 7) is 9.04. The zero-order chi connectivity index (χ0) is 13.8. The SMILES string of the molecule is CC(C)(C)OCCOCC(C)(NC1CC1)C(N)=O. The quantitative estimate of drug-likeness (QED) is 0.632. The summed E-state index contributed by atoms with van der Waals surface area (Å²) in [5.41, 5.74) is 4.48. The first-order valence-corrected chi connectivity index (χ1v) is 6.52. The highest BCUT2D eigenvalue weighted by Gasteiger charge is 2.37. The van der Waals surface area contributed by atoms with Gasteiger partial charge in [-0.3, -0.25) is 10.1 Å². The number of nitrogens with one attached hydrogen (secondary N) is 1. The lowest BCUT2D eigenvalue weighted by molar-refractivity contribution is -0.127. The van der Waals surface area contributed by atoms with E-state index in [0.717, 1.165) is 12.8 Å². The fourth-order valence-corrected chi connectivity index (χ4v) is 1.55. The smallest absolute Gasteiger partial charge is 0.239 e. The molecule has 1 saturated carbocycles. The molecule has 0 aromatic rings. The van der Waals surface area contributed by atoms with Crippen LogP contribution in [0.5, 0.6) is 0 Å². The molecule has 1 aliphatic rings. The fourth-order valence-electron chi connectivity index (χ4n) is 1.55. The highest BCUT2D eigenvalue weighted by atomic mass is 16.5. The van der Waals surface area contributed by atoms with Crippen LogP contribution in [-0.4, -0.2) is 42.9 Å². The van der Waals surface area contributed by atoms with Gasteiger partial charge >= 0.3 is 0 Å². The van der Waals surface area contributed by atoms with E-state index in [1.165, 1.54) is 0 Å². The second-order valence-corrected chi connectivity index (χ2v) is 6.13. The first-order chi connectivity index (χ1) is 8.23. The Morgan fingerprint density at radius 2 is 1.89 bits per heavy atom. The second-order valence-electron chi connectivity index (χ2n) is 6.13. The Balaban J connectivity index is 2.23. The standard InChI is InChI=1S/C13H26N2O3/c1-12(2,3)18-8-7-17-9-13(4,11(14)16)15-10-5-6-10/h10,15H,5-9H2,1-4H3,(H2,14,16). The first kappa shape index (κ1) is 15.4. The molecule has 0 aromatic heterocycles. The van der Waals surface area contributed by atoms with Gasteiger partial charge < -0.3 is 15.2 Å². The maximum absolute atomic E-state index is 11.5. The Hall–Kier alpha value is -0.650. The van der Waals surface area contributed by atoms with Crippen LogP contribution >= 0.6 is 0 Å². The lowest BCUT2D eigenvalue weighted by Gasteiger charge is -2.27. The summed E-state index contributed by atoms with van der Waals surface area (Å²) >= 11 is 0. The predicted molar refractivity (Wildman–Crippen MR) is 70.3 cm³/mol. The molecule has 106 valence electrons. The van der Waals surface area contributed by atoms with Gasteiger partial charge in [-0.15, -0.1) is 0 Å². The van der Waals surface area contributed by atoms with E-state index in [4.69, 9.17) is 15.2 Å². The molecule has 0 bridgehead atoms. The van der Waals surface area contributed by atoms with Gasteiger partial charge in [0.05, 0.1) is 25.4 Å². The topological polar surface area (TPSA) is 73.6 Å². The van der Waals surface area contributed by atoms with Gasteiger partial charge in [0.15, 0.2) is 0 Å². The van der Waals surface area contributed by atoms with Crippen LogP contribution < -0.4 is 11.1 Å². The Labute approximate surface area is 109 Å². The molecule has 1 amide bonds. The summed E-state index contributed by atoms with van der Waals surface area (Å²) in [6, 6.07) is 0.414. The van der Waals surface area contributed by atoms with Crippen LogP contribution in [0.1, 0.15) is 40.5 Å². The van der Waals surface area contributed by atoms with E-state index in [1.807, 2.05) is 20.8 Å². The monoisotopic (exact) mass is 258 g/mol. The van der Waals surface area contributed by atoms with Crippen molar-refractivity contribution < 1.29 is 14.3 Å². The third-order valence-corrected chi connectivity index (χ3v) is 2.80. The number of amides is 1. The minimum atomic E-state index is -0.775. The van der Waals surface area contributed by atoms with Gasteiger partial charge in [-0.2, -0.15) is 0 Å². The van der Waals surface area contributed by atoms with Gasteiger partial charge in [0, 0.05) is 6.04 Å². The summed E-state index contributed by atoms with van der Waals surface area (Å²) in [4.78, 5) is 11.5. The molecule has 1 aliphatic carbocycles. The van der Waals surface area contributed by atoms with Crippen molar-refractivity contribution in [3.05, 3.63) is 0 Å². The molecule has 0 radical (unpaired) electrons. The van der Waals surface area contributed by atoms with Crippen LogP contribution in [0.15, 0.2) is 0 Å². The van der Waals surface area contributed by atoms with Crippen molar-refractivity contribution in [1.82, 2.24) is 5.32 Å². The molecule has 0 heterocycles. The molecule has 1 fully saturated rings. The van der Waals surface area contributed by atoms with E-state index in [0.29, 0.717) is 19.3 Å². The minimum Gasteiger partial charge on any atom is -0.377 e. The van der Waals surface area contributed by atoms with Crippen molar-refractivity contribution in [2.45, 2.75) is 57.7 Å². The van der Waals surface area contributed by atoms with E-state index < -0.39 is 5.54 Å². The van der Waals surface area contributed by atoms with Crippen molar-refractivity contribution >= 4 is 5.91 Å². The number of primary amides is 1. The lowest BCUT2D eigenvalue weighted by Crippen LogP contribution is -2.57. The molecule has 0 spiro atoms. The number of carbonyl (C=O) groups is 1. The third kappa shape index (κ3) is 5.80. The number of hydrogen-bond acceptors (Lipinski definition) is 4. The zero-order valence-electron chi connectivity index (χ0n) is 11.9. The van der Waals surface area contributed by atoms with Crippen molar-refractivity contribution in [3.8, 4) is 0 Å². The van der Waals surface area contributed by atoms with Crippen LogP contribution in [-0.2, 0) is 14.3 Å². The van der Waals surface area contributed by atoms with Crippen LogP contribution in [0.3, 0.4) is 0 Å². The first-order valence-electron chi connectivity index (χ1n) is 6.52. The molecular weight excluding hydrogens is 232 g/mol. The van der Waals surface area contributed by atoms with Crippen molar-refractivity contribution in [1.29, 1.82) is 0 Å². The van der Waals surface area contributed by atoms with Crippen LogP contribution in [0.2, 0.25) is 0 Å². The van der Waals surface area contributed by atoms with Crippen molar-refractivity contribution in [3.63, 3.8) is 0 Å². The van der Waals surface area contributed by atoms with Crippen LogP contribution in [0, 0.1) is 0 Å². The molecule has 0 aromatic carbocycles. The zero-order valence-corrected chi connectivity index (χ0v) is 11.9. The normalized spacial score (nSPS) is 19.6. The molecule has 5 heteroatoms. The van der Waals surface area contributed by atoms with Crippen LogP contribution in [0.4, 0.5) is 0 Å². The Morgan fingerprint density at radius 3 is 2.33 bits per heavy atom. The van der Waals surface area contributed by atoms with E-state index in [-0.39, 0.29) is 18.1 Å². The van der Waals surface area contributed by atoms with E-state index in [9.17, 15) is 4.79 Å². The summed E-state index contributed by atoms with van der Waals surface area (Å²) in [7, 11) is 0. The van der Waals surface area contributed by atoms with E-state index in [2.05, 4.69) is 5.32 Å². The molecule has 1 rings (SSSR count). The van der Waals surface area contributed by atoms with E-state index >= 15 is 0 Å². The number of hydrogen-bond donors (Lipinski definition) is 2. The molecule has 3 N–H and O–H groups in total. The number of rotatable bonds is 8. The average molecular weight is 258 g/mol. The molecular formula is C13H26N2O3. The Morgan fingerprint density at radius 1 is 1.28 bits per heavy atom. The Bertz CT molecular complexity index is 284. The number of ether oxygens (including phenoxy) is 2. The average Bonchev–Trinajstić information content (AvgIpc) is 2.99. The highest BCUT2D eigenvalue weighted by molar-refractivity contribution is 5.84. The van der Waals surface area contributed by atoms with Gasteiger partial charge in [0.1, 0.15) is 5.54 Å². The molecule has 0 aliphatic heterocycles. The van der Waals surface area contributed by atoms with Gasteiger partial charge in [0.2, 0.25) is 5.91 Å². The van der Waals surface area contributed by atoms with Gasteiger partial charge in [-0.25, -0.2) is 0 Å². The summed E-state index contributed by atoms with van der Waals surface area (Å²) in [5, 5.41) is 3.23. The summed E-state index contributed by atoms with van der Waals surface area (Å²) in [6.07, 6.45) is 2.21. The van der Waals surface area contributed by atoms with Gasteiger partial charge in [-0.1, -0.05) is 0 Å². The minimum absolute atomic E-state index is 0.164. The molecule has 18 heavy (non-hydrogen) atoms. The van der Waals surface area contributed by atoms with Gasteiger partial charge in [-0.05, 0) is 40.5 Å². The second kappa shape index (κ2) is 5.99. The Kier molecular flexibility index (Phi) is 5.13. The van der Waals surface area contributed by atoms with Crippen LogP contribution in [0.25, 0.3) is 0 Å². The molecule has 0 saturated heterocycles. The fraction of sp³-hybridized carbons (Fsp3) is 0.923. The highest BCUT2D eigenvalue weighted by Crippen LogP contribution is 2.22. The summed E-state index contributed by atoms with van der Waals surface area (Å²) in [5.74, 6) is -0.369. The largest absolute Gasteiger partial charge is 0.377 e. The lowest BCUT2D eigenvalue weighted by atomic mass is 10.0. The maximum atomic E-state index is 11.5. The summed E-state index contributed by atoms with van der Waals surface area (Å²) < 4.78 is 11.0. The molecule has 1 unspecified atom stereocenters. The maximum Gasteiger partial charge on any atom is 0.239 e. The van der Waals surface area contributed by atoms with Gasteiger partial charge in [0.25, 0.3) is 0 Å².